The molecular formula is C20H40S2. The molecule has 22 heavy (non-hydrogen) atoms. The van der Waals surface area contributed by atoms with Gasteiger partial charge in [0.15, 0.2) is 0 Å². The van der Waals surface area contributed by atoms with E-state index >= 15 is 0 Å². The smallest absolute Gasteiger partial charge is 0.0243 e. The van der Waals surface area contributed by atoms with E-state index in [-0.39, 0.29) is 0 Å². The highest BCUT2D eigenvalue weighted by atomic mass is 33.1. The second-order valence-electron chi connectivity index (χ2n) is 8.46. The zero-order valence-electron chi connectivity index (χ0n) is 15.8. The first-order chi connectivity index (χ1) is 10.4. The van der Waals surface area contributed by atoms with Crippen LogP contribution in [0.5, 0.6) is 0 Å². The Bertz CT molecular complexity index is 269. The Morgan fingerprint density at radius 3 is 1.86 bits per heavy atom. The second kappa shape index (κ2) is 11.3. The Morgan fingerprint density at radius 2 is 1.36 bits per heavy atom. The van der Waals surface area contributed by atoms with E-state index in [1.54, 1.807) is 0 Å². The standard InChI is InChI=1S/C20H40S2/c1-17(2)9-6-10-18(3)11-7-12-19(4)13-8-14-20(5)15-16-21-22-20/h17-19H,6-16H2,1-5H3. The Morgan fingerprint density at radius 1 is 0.818 bits per heavy atom. The van der Waals surface area contributed by atoms with Crippen LogP contribution in [-0.2, 0) is 0 Å². The van der Waals surface area contributed by atoms with E-state index in [2.05, 4.69) is 56.2 Å². The molecule has 0 amide bonds. The largest absolute Gasteiger partial charge is 0.0935 e. The molecule has 1 rings (SSSR count). The van der Waals surface area contributed by atoms with Crippen LogP contribution in [0, 0.1) is 17.8 Å². The highest BCUT2D eigenvalue weighted by Gasteiger charge is 2.29. The van der Waals surface area contributed by atoms with Crippen molar-refractivity contribution >= 4 is 21.6 Å². The fraction of sp³-hybridized carbons (Fsp3) is 1.00. The molecule has 1 heterocycles. The number of hydrogen-bond acceptors (Lipinski definition) is 2. The maximum atomic E-state index is 2.47. The summed E-state index contributed by atoms with van der Waals surface area (Å²) < 4.78 is 0.593. The SMILES string of the molecule is CC(C)CCCC(C)CCCC(C)CCCC1(C)CCSS1. The molecule has 2 heteroatoms. The molecule has 0 aliphatic carbocycles. The van der Waals surface area contributed by atoms with E-state index in [0.717, 1.165) is 17.8 Å². The van der Waals surface area contributed by atoms with Crippen LogP contribution in [0.2, 0.25) is 0 Å². The van der Waals surface area contributed by atoms with Gasteiger partial charge in [-0.3, -0.25) is 0 Å². The van der Waals surface area contributed by atoms with Crippen LogP contribution < -0.4 is 0 Å². The lowest BCUT2D eigenvalue weighted by molar-refractivity contribution is 0.382. The van der Waals surface area contributed by atoms with Crippen molar-refractivity contribution in [2.24, 2.45) is 17.8 Å². The van der Waals surface area contributed by atoms with Gasteiger partial charge in [0, 0.05) is 10.5 Å². The number of rotatable bonds is 12. The quantitative estimate of drug-likeness (QED) is 0.329. The summed E-state index contributed by atoms with van der Waals surface area (Å²) in [6, 6.07) is 0. The Labute approximate surface area is 148 Å². The van der Waals surface area contributed by atoms with E-state index in [0.29, 0.717) is 4.75 Å². The minimum absolute atomic E-state index is 0.593. The van der Waals surface area contributed by atoms with Crippen LogP contribution in [-0.4, -0.2) is 10.5 Å². The molecule has 132 valence electrons. The Balaban J connectivity index is 1.97. The molecule has 3 unspecified atom stereocenters. The van der Waals surface area contributed by atoms with Gasteiger partial charge in [-0.25, -0.2) is 0 Å². The molecule has 1 saturated heterocycles. The third-order valence-electron chi connectivity index (χ3n) is 5.25. The van der Waals surface area contributed by atoms with Gasteiger partial charge >= 0.3 is 0 Å². The molecule has 1 aliphatic rings. The Hall–Kier alpha value is 0.700. The highest BCUT2D eigenvalue weighted by Crippen LogP contribution is 2.49. The van der Waals surface area contributed by atoms with E-state index in [1.807, 2.05) is 0 Å². The molecule has 0 N–H and O–H groups in total. The van der Waals surface area contributed by atoms with E-state index < -0.39 is 0 Å². The summed E-state index contributed by atoms with van der Waals surface area (Å²) in [5.41, 5.74) is 0. The molecule has 1 fully saturated rings. The van der Waals surface area contributed by atoms with Gasteiger partial charge < -0.3 is 0 Å². The molecule has 0 aromatic heterocycles. The van der Waals surface area contributed by atoms with Crippen LogP contribution in [0.25, 0.3) is 0 Å². The summed E-state index contributed by atoms with van der Waals surface area (Å²) in [7, 11) is 4.23. The van der Waals surface area contributed by atoms with E-state index in [1.165, 1.54) is 70.0 Å². The van der Waals surface area contributed by atoms with Crippen molar-refractivity contribution in [2.45, 2.75) is 104 Å². The minimum Gasteiger partial charge on any atom is -0.0935 e. The zero-order valence-corrected chi connectivity index (χ0v) is 17.5. The predicted octanol–water partition coefficient (Wildman–Crippen LogP) is 7.97. The molecule has 0 spiro atoms. The van der Waals surface area contributed by atoms with Gasteiger partial charge in [-0.1, -0.05) is 101 Å². The van der Waals surface area contributed by atoms with Crippen molar-refractivity contribution in [1.82, 2.24) is 0 Å². The lowest BCUT2D eigenvalue weighted by Gasteiger charge is -2.22. The van der Waals surface area contributed by atoms with Gasteiger partial charge in [-0.15, -0.1) is 0 Å². The maximum Gasteiger partial charge on any atom is 0.0243 e. The summed E-state index contributed by atoms with van der Waals surface area (Å²) >= 11 is 0. The molecule has 0 saturated carbocycles. The zero-order chi connectivity index (χ0) is 16.4. The molecule has 3 atom stereocenters. The summed E-state index contributed by atoms with van der Waals surface area (Å²) in [4.78, 5) is 0. The molecule has 0 radical (unpaired) electrons. The molecule has 1 aliphatic heterocycles. The first kappa shape index (κ1) is 20.7. The van der Waals surface area contributed by atoms with Gasteiger partial charge in [0.1, 0.15) is 0 Å². The average Bonchev–Trinajstić information content (AvgIpc) is 2.85. The third kappa shape index (κ3) is 9.75. The summed E-state index contributed by atoms with van der Waals surface area (Å²) in [5.74, 6) is 4.12. The van der Waals surface area contributed by atoms with Crippen LogP contribution in [0.3, 0.4) is 0 Å². The van der Waals surface area contributed by atoms with Crippen molar-refractivity contribution < 1.29 is 0 Å². The van der Waals surface area contributed by atoms with Gasteiger partial charge in [0.2, 0.25) is 0 Å². The highest BCUT2D eigenvalue weighted by molar-refractivity contribution is 8.77. The van der Waals surface area contributed by atoms with Crippen molar-refractivity contribution in [3.8, 4) is 0 Å². The second-order valence-corrected chi connectivity index (χ2v) is 11.5. The van der Waals surface area contributed by atoms with Crippen molar-refractivity contribution in [3.63, 3.8) is 0 Å². The topological polar surface area (TPSA) is 0 Å². The van der Waals surface area contributed by atoms with E-state index in [4.69, 9.17) is 0 Å². The minimum atomic E-state index is 0.593. The van der Waals surface area contributed by atoms with Crippen LogP contribution in [0.4, 0.5) is 0 Å². The van der Waals surface area contributed by atoms with Gasteiger partial charge in [0.05, 0.1) is 0 Å². The first-order valence-electron chi connectivity index (χ1n) is 9.72. The Kier molecular flexibility index (Phi) is 10.6. The summed E-state index contributed by atoms with van der Waals surface area (Å²) in [6.07, 6.45) is 14.4. The molecular weight excluding hydrogens is 304 g/mol. The summed E-state index contributed by atoms with van der Waals surface area (Å²) in [5, 5.41) is 0. The molecule has 0 aromatic carbocycles. The van der Waals surface area contributed by atoms with Gasteiger partial charge in [0.25, 0.3) is 0 Å². The lowest BCUT2D eigenvalue weighted by atomic mass is 9.90. The number of hydrogen-bond donors (Lipinski definition) is 0. The fourth-order valence-corrected chi connectivity index (χ4v) is 6.75. The maximum absolute atomic E-state index is 2.47. The van der Waals surface area contributed by atoms with E-state index in [9.17, 15) is 0 Å². The molecule has 0 nitrogen and oxygen atoms in total. The molecule has 0 bridgehead atoms. The van der Waals surface area contributed by atoms with Crippen molar-refractivity contribution in [1.29, 1.82) is 0 Å². The van der Waals surface area contributed by atoms with Gasteiger partial charge in [-0.2, -0.15) is 0 Å². The normalized spacial score (nSPS) is 24.8. The average molecular weight is 345 g/mol. The lowest BCUT2D eigenvalue weighted by Crippen LogP contribution is -2.16. The van der Waals surface area contributed by atoms with Crippen LogP contribution in [0.1, 0.15) is 98.8 Å². The van der Waals surface area contributed by atoms with Crippen LogP contribution in [0.15, 0.2) is 0 Å². The van der Waals surface area contributed by atoms with Gasteiger partial charge in [-0.05, 0) is 37.5 Å². The fourth-order valence-electron chi connectivity index (χ4n) is 3.45. The predicted molar refractivity (Wildman–Crippen MR) is 108 cm³/mol. The monoisotopic (exact) mass is 344 g/mol. The molecule has 0 aromatic rings. The van der Waals surface area contributed by atoms with Crippen molar-refractivity contribution in [3.05, 3.63) is 0 Å². The summed E-state index contributed by atoms with van der Waals surface area (Å²) in [6.45, 7) is 12.1. The van der Waals surface area contributed by atoms with Crippen LogP contribution >= 0.6 is 21.6 Å². The first-order valence-corrected chi connectivity index (χ1v) is 12.0. The third-order valence-corrected chi connectivity index (χ3v) is 8.61. The van der Waals surface area contributed by atoms with Crippen molar-refractivity contribution in [2.75, 3.05) is 5.75 Å².